The molecule has 0 spiro atoms. The lowest BCUT2D eigenvalue weighted by Crippen LogP contribution is -1.75. The van der Waals surface area contributed by atoms with E-state index in [-0.39, 0.29) is 0 Å². The molecule has 1 heterocycles. The summed E-state index contributed by atoms with van der Waals surface area (Å²) in [6.07, 6.45) is 0. The van der Waals surface area contributed by atoms with Gasteiger partial charge in [0.1, 0.15) is 0 Å². The average molecular weight is 242 g/mol. The van der Waals surface area contributed by atoms with Crippen molar-refractivity contribution < 1.29 is 0 Å². The highest BCUT2D eigenvalue weighted by Gasteiger charge is 2.03. The minimum atomic E-state index is 0.765. The Morgan fingerprint density at radius 2 is 1.71 bits per heavy atom. The van der Waals surface area contributed by atoms with Crippen LogP contribution in [0.5, 0.6) is 0 Å². The number of aromatic nitrogens is 1. The summed E-state index contributed by atoms with van der Waals surface area (Å²) in [6.45, 7) is 2.11. The predicted molar refractivity (Wildman–Crippen MR) is 73.5 cm³/mol. The summed E-state index contributed by atoms with van der Waals surface area (Å²) in [7, 11) is 0. The quantitative estimate of drug-likeness (QED) is 0.630. The second kappa shape index (κ2) is 3.94. The monoisotopic (exact) mass is 241 g/mol. The van der Waals surface area contributed by atoms with Gasteiger partial charge in [0.05, 0.1) is 0 Å². The summed E-state index contributed by atoms with van der Waals surface area (Å²) in [5, 5.41) is 2.01. The van der Waals surface area contributed by atoms with Crippen molar-refractivity contribution in [2.45, 2.75) is 6.92 Å². The maximum atomic E-state index is 5.89. The van der Waals surface area contributed by atoms with Gasteiger partial charge in [0, 0.05) is 21.6 Å². The molecule has 1 nitrogen and oxygen atoms in total. The van der Waals surface area contributed by atoms with Crippen LogP contribution in [0.15, 0.2) is 48.5 Å². The Hall–Kier alpha value is -1.73. The lowest BCUT2D eigenvalue weighted by atomic mass is 10.1. The molecule has 2 heteroatoms. The van der Waals surface area contributed by atoms with Crippen LogP contribution < -0.4 is 0 Å². The predicted octanol–water partition coefficient (Wildman–Crippen LogP) is 4.80. The average Bonchev–Trinajstić information content (AvgIpc) is 2.72. The number of benzene rings is 2. The Kier molecular flexibility index (Phi) is 2.41. The molecule has 0 aliphatic heterocycles. The van der Waals surface area contributed by atoms with E-state index < -0.39 is 0 Å². The molecule has 0 radical (unpaired) electrons. The molecular weight excluding hydrogens is 230 g/mol. The van der Waals surface area contributed by atoms with E-state index in [2.05, 4.69) is 36.2 Å². The lowest BCUT2D eigenvalue weighted by molar-refractivity contribution is 1.44. The zero-order valence-electron chi connectivity index (χ0n) is 9.50. The fraction of sp³-hybridized carbons (Fsp3) is 0.0667. The van der Waals surface area contributed by atoms with Gasteiger partial charge in [-0.3, -0.25) is 0 Å². The summed E-state index contributed by atoms with van der Waals surface area (Å²) in [5.74, 6) is 0. The van der Waals surface area contributed by atoms with Crippen LogP contribution in [0.3, 0.4) is 0 Å². The van der Waals surface area contributed by atoms with Crippen molar-refractivity contribution in [3.05, 3.63) is 59.1 Å². The second-order valence-electron chi connectivity index (χ2n) is 4.28. The van der Waals surface area contributed by atoms with E-state index in [4.69, 9.17) is 11.6 Å². The van der Waals surface area contributed by atoms with Gasteiger partial charge in [-0.25, -0.2) is 0 Å². The smallest absolute Gasteiger partial charge is 0.0464 e. The zero-order chi connectivity index (χ0) is 11.8. The van der Waals surface area contributed by atoms with E-state index in [1.807, 2.05) is 24.3 Å². The van der Waals surface area contributed by atoms with Gasteiger partial charge in [-0.15, -0.1) is 0 Å². The molecule has 1 aromatic heterocycles. The van der Waals surface area contributed by atoms with Crippen LogP contribution in [-0.2, 0) is 0 Å². The second-order valence-corrected chi connectivity index (χ2v) is 4.72. The molecule has 3 rings (SSSR count). The first-order valence-corrected chi connectivity index (χ1v) is 5.95. The molecule has 17 heavy (non-hydrogen) atoms. The normalized spacial score (nSPS) is 10.9. The van der Waals surface area contributed by atoms with Crippen LogP contribution in [0.2, 0.25) is 5.02 Å². The first-order valence-electron chi connectivity index (χ1n) is 5.58. The molecule has 1 N–H and O–H groups in total. The highest BCUT2D eigenvalue weighted by atomic mass is 35.5. The standard InChI is InChI=1S/C15H12ClN/c1-10-2-7-14-12(8-10)9-15(17-14)11-3-5-13(16)6-4-11/h2-9,17H,1H3. The summed E-state index contributed by atoms with van der Waals surface area (Å²) in [5.41, 5.74) is 4.73. The fourth-order valence-electron chi connectivity index (χ4n) is 2.04. The molecule has 0 atom stereocenters. The van der Waals surface area contributed by atoms with E-state index in [0.29, 0.717) is 0 Å². The Bertz CT molecular complexity index is 665. The highest BCUT2D eigenvalue weighted by molar-refractivity contribution is 6.30. The number of halogens is 1. The number of aromatic amines is 1. The number of H-pyrrole nitrogens is 1. The number of hydrogen-bond acceptors (Lipinski definition) is 0. The van der Waals surface area contributed by atoms with E-state index in [1.54, 1.807) is 0 Å². The third kappa shape index (κ3) is 1.94. The van der Waals surface area contributed by atoms with Gasteiger partial charge < -0.3 is 4.98 Å². The van der Waals surface area contributed by atoms with Crippen LogP contribution in [0.25, 0.3) is 22.2 Å². The molecule has 84 valence electrons. The minimum absolute atomic E-state index is 0.765. The molecule has 0 amide bonds. The van der Waals surface area contributed by atoms with Gasteiger partial charge in [0.15, 0.2) is 0 Å². The summed E-state index contributed by atoms with van der Waals surface area (Å²) in [6, 6.07) is 16.5. The molecule has 0 saturated carbocycles. The van der Waals surface area contributed by atoms with Gasteiger partial charge in [-0.2, -0.15) is 0 Å². The van der Waals surface area contributed by atoms with E-state index in [9.17, 15) is 0 Å². The SMILES string of the molecule is Cc1ccc2[nH]c(-c3ccc(Cl)cc3)cc2c1. The van der Waals surface area contributed by atoms with E-state index in [1.165, 1.54) is 16.5 Å². The zero-order valence-corrected chi connectivity index (χ0v) is 10.3. The van der Waals surface area contributed by atoms with E-state index in [0.717, 1.165) is 16.3 Å². The molecule has 0 saturated heterocycles. The van der Waals surface area contributed by atoms with Gasteiger partial charge in [0.25, 0.3) is 0 Å². The maximum Gasteiger partial charge on any atom is 0.0464 e. The molecule has 2 aromatic carbocycles. The molecule has 0 fully saturated rings. The third-order valence-corrected chi connectivity index (χ3v) is 3.18. The lowest BCUT2D eigenvalue weighted by Gasteiger charge is -1.96. The topological polar surface area (TPSA) is 15.8 Å². The largest absolute Gasteiger partial charge is 0.355 e. The third-order valence-electron chi connectivity index (χ3n) is 2.93. The maximum absolute atomic E-state index is 5.89. The first kappa shape index (κ1) is 10.4. The summed E-state index contributed by atoms with van der Waals surface area (Å²) in [4.78, 5) is 3.42. The summed E-state index contributed by atoms with van der Waals surface area (Å²) >= 11 is 5.89. The molecule has 0 aliphatic carbocycles. The van der Waals surface area contributed by atoms with Crippen molar-refractivity contribution in [1.29, 1.82) is 0 Å². The highest BCUT2D eigenvalue weighted by Crippen LogP contribution is 2.25. The molecular formula is C15H12ClN. The van der Waals surface area contributed by atoms with Crippen LogP contribution >= 0.6 is 11.6 Å². The molecule has 0 unspecified atom stereocenters. The summed E-state index contributed by atoms with van der Waals surface area (Å²) < 4.78 is 0. The molecule has 0 aliphatic rings. The Morgan fingerprint density at radius 3 is 2.47 bits per heavy atom. The first-order chi connectivity index (χ1) is 8.22. The van der Waals surface area contributed by atoms with Crippen LogP contribution in [-0.4, -0.2) is 4.98 Å². The number of fused-ring (bicyclic) bond motifs is 1. The minimum Gasteiger partial charge on any atom is -0.355 e. The van der Waals surface area contributed by atoms with Crippen LogP contribution in [0, 0.1) is 6.92 Å². The van der Waals surface area contributed by atoms with Crippen LogP contribution in [0.4, 0.5) is 0 Å². The van der Waals surface area contributed by atoms with Crippen molar-refractivity contribution in [2.24, 2.45) is 0 Å². The van der Waals surface area contributed by atoms with Crippen LogP contribution in [0.1, 0.15) is 5.56 Å². The van der Waals surface area contributed by atoms with Crippen molar-refractivity contribution in [3.63, 3.8) is 0 Å². The van der Waals surface area contributed by atoms with Gasteiger partial charge in [-0.05, 0) is 42.8 Å². The van der Waals surface area contributed by atoms with Gasteiger partial charge in [0.2, 0.25) is 0 Å². The van der Waals surface area contributed by atoms with Crippen molar-refractivity contribution in [2.75, 3.05) is 0 Å². The number of nitrogens with one attached hydrogen (secondary N) is 1. The Morgan fingerprint density at radius 1 is 0.941 bits per heavy atom. The fourth-order valence-corrected chi connectivity index (χ4v) is 2.16. The van der Waals surface area contributed by atoms with Crippen molar-refractivity contribution >= 4 is 22.5 Å². The number of aryl methyl sites for hydroxylation is 1. The van der Waals surface area contributed by atoms with E-state index >= 15 is 0 Å². The van der Waals surface area contributed by atoms with Crippen molar-refractivity contribution in [1.82, 2.24) is 4.98 Å². The molecule has 0 bridgehead atoms. The Balaban J connectivity index is 2.14. The Labute approximate surface area is 105 Å². The van der Waals surface area contributed by atoms with Gasteiger partial charge >= 0.3 is 0 Å². The van der Waals surface area contributed by atoms with Crippen molar-refractivity contribution in [3.8, 4) is 11.3 Å². The number of hydrogen-bond donors (Lipinski definition) is 1. The van der Waals surface area contributed by atoms with Gasteiger partial charge in [-0.1, -0.05) is 35.4 Å². The molecule has 3 aromatic rings. The number of rotatable bonds is 1.